The molecule has 0 radical (unpaired) electrons. The van der Waals surface area contributed by atoms with E-state index in [-0.39, 0.29) is 24.4 Å². The fourth-order valence-corrected chi connectivity index (χ4v) is 5.54. The molecule has 0 saturated heterocycles. The van der Waals surface area contributed by atoms with Crippen molar-refractivity contribution >= 4 is 45.6 Å². The van der Waals surface area contributed by atoms with Crippen LogP contribution >= 0.6 is 34.0 Å². The van der Waals surface area contributed by atoms with Crippen LogP contribution < -0.4 is 0 Å². The first-order valence-corrected chi connectivity index (χ1v) is 12.8. The van der Waals surface area contributed by atoms with E-state index in [9.17, 15) is 9.59 Å². The van der Waals surface area contributed by atoms with E-state index in [0.717, 1.165) is 0 Å². The average molecular weight is 489 g/mol. The van der Waals surface area contributed by atoms with Gasteiger partial charge in [0.05, 0.1) is 4.88 Å². The first kappa shape index (κ1) is 22.9. The highest BCUT2D eigenvalue weighted by molar-refractivity contribution is 7.23. The Kier molecular flexibility index (Phi) is 8.03. The van der Waals surface area contributed by atoms with Gasteiger partial charge in [-0.05, 0) is 53.2 Å². The van der Waals surface area contributed by atoms with Gasteiger partial charge in [-0.15, -0.1) is 34.0 Å². The van der Waals surface area contributed by atoms with Gasteiger partial charge in [-0.1, -0.05) is 18.2 Å². The maximum atomic E-state index is 11.7. The van der Waals surface area contributed by atoms with Crippen molar-refractivity contribution in [2.75, 3.05) is 0 Å². The number of hydrogen-bond donors (Lipinski definition) is 0. The van der Waals surface area contributed by atoms with E-state index in [2.05, 4.69) is 45.7 Å². The SMILES string of the molecule is O=C(CCC(=O)c1cccs1)c1cccnc1.c1cncc(-c2ccc(-c3cccs3)s2)c1. The molecular weight excluding hydrogens is 468 g/mol. The normalized spacial score (nSPS) is 10.3. The third kappa shape index (κ3) is 6.38. The van der Waals surface area contributed by atoms with E-state index < -0.39 is 0 Å². The summed E-state index contributed by atoms with van der Waals surface area (Å²) in [4.78, 5) is 36.1. The number of nitrogens with zero attached hydrogens (tertiary/aromatic N) is 2. The predicted molar refractivity (Wildman–Crippen MR) is 137 cm³/mol. The van der Waals surface area contributed by atoms with Gasteiger partial charge in [-0.3, -0.25) is 19.6 Å². The van der Waals surface area contributed by atoms with Crippen molar-refractivity contribution in [3.8, 4) is 20.2 Å². The third-order valence-electron chi connectivity index (χ3n) is 4.67. The van der Waals surface area contributed by atoms with Crippen molar-refractivity contribution in [2.45, 2.75) is 12.8 Å². The molecule has 164 valence electrons. The van der Waals surface area contributed by atoms with Gasteiger partial charge in [0.25, 0.3) is 0 Å². The molecule has 0 aliphatic carbocycles. The largest absolute Gasteiger partial charge is 0.294 e. The Bertz CT molecular complexity index is 1280. The minimum Gasteiger partial charge on any atom is -0.294 e. The highest BCUT2D eigenvalue weighted by Gasteiger charge is 2.11. The zero-order chi connectivity index (χ0) is 22.9. The van der Waals surface area contributed by atoms with E-state index in [0.29, 0.717) is 10.4 Å². The number of rotatable bonds is 7. The molecule has 5 heterocycles. The number of hydrogen-bond acceptors (Lipinski definition) is 7. The van der Waals surface area contributed by atoms with Gasteiger partial charge in [-0.25, -0.2) is 0 Å². The summed E-state index contributed by atoms with van der Waals surface area (Å²) in [5.74, 6) is -0.0137. The number of carbonyl (C=O) groups is 2. The molecule has 0 bridgehead atoms. The summed E-state index contributed by atoms with van der Waals surface area (Å²) >= 11 is 5.00. The second kappa shape index (κ2) is 11.6. The monoisotopic (exact) mass is 488 g/mol. The van der Waals surface area contributed by atoms with E-state index >= 15 is 0 Å². The zero-order valence-corrected chi connectivity index (χ0v) is 20.0. The summed E-state index contributed by atoms with van der Waals surface area (Å²) < 4.78 is 0. The van der Waals surface area contributed by atoms with Crippen LogP contribution in [-0.4, -0.2) is 21.5 Å². The maximum Gasteiger partial charge on any atom is 0.173 e. The fraction of sp³-hybridized carbons (Fsp3) is 0.0769. The molecular formula is C26H20N2O2S3. The number of carbonyl (C=O) groups excluding carboxylic acids is 2. The van der Waals surface area contributed by atoms with Gasteiger partial charge < -0.3 is 0 Å². The van der Waals surface area contributed by atoms with E-state index in [1.807, 2.05) is 35.0 Å². The molecule has 0 unspecified atom stereocenters. The quantitative estimate of drug-likeness (QED) is 0.222. The van der Waals surface area contributed by atoms with Crippen LogP contribution in [0.1, 0.15) is 32.9 Å². The summed E-state index contributed by atoms with van der Waals surface area (Å²) in [6, 6.07) is 19.7. The summed E-state index contributed by atoms with van der Waals surface area (Å²) in [5, 5.41) is 3.97. The lowest BCUT2D eigenvalue weighted by Gasteiger charge is -1.99. The highest BCUT2D eigenvalue weighted by Crippen LogP contribution is 2.35. The molecule has 0 saturated carbocycles. The molecule has 33 heavy (non-hydrogen) atoms. The van der Waals surface area contributed by atoms with Crippen molar-refractivity contribution in [3.63, 3.8) is 0 Å². The lowest BCUT2D eigenvalue weighted by molar-refractivity contribution is 0.0919. The van der Waals surface area contributed by atoms with Crippen molar-refractivity contribution in [3.05, 3.63) is 107 Å². The summed E-state index contributed by atoms with van der Waals surface area (Å²) in [6.45, 7) is 0. The standard InChI is InChI=1S/C13H11NO2S.C13H9NS2/c15-11(10-3-1-7-14-9-10)5-6-12(16)13-4-2-8-17-13;1-3-10(9-14-7-1)11-5-6-13(16-11)12-4-2-8-15-12/h1-4,7-9H,5-6H2;1-9H. The Morgan fingerprint density at radius 2 is 1.39 bits per heavy atom. The summed E-state index contributed by atoms with van der Waals surface area (Å²) in [5.41, 5.74) is 1.75. The van der Waals surface area contributed by atoms with E-state index in [1.54, 1.807) is 41.9 Å². The van der Waals surface area contributed by atoms with Gasteiger partial charge >= 0.3 is 0 Å². The van der Waals surface area contributed by atoms with Crippen LogP contribution in [0.15, 0.2) is 96.2 Å². The topological polar surface area (TPSA) is 59.9 Å². The molecule has 0 aromatic carbocycles. The first-order valence-electron chi connectivity index (χ1n) is 10.2. The second-order valence-electron chi connectivity index (χ2n) is 6.95. The lowest BCUT2D eigenvalue weighted by Crippen LogP contribution is -2.04. The third-order valence-corrected chi connectivity index (χ3v) is 7.79. The Hall–Kier alpha value is -3.26. The average Bonchev–Trinajstić information content (AvgIpc) is 3.66. The molecule has 0 fully saturated rings. The van der Waals surface area contributed by atoms with Gasteiger partial charge in [-0.2, -0.15) is 0 Å². The maximum absolute atomic E-state index is 11.7. The molecule has 5 aromatic rings. The Morgan fingerprint density at radius 3 is 2.06 bits per heavy atom. The first-order chi connectivity index (χ1) is 16.2. The molecule has 0 aliphatic heterocycles. The number of thiophene rings is 3. The number of Topliss-reactive ketones (excluding diaryl/α,β-unsaturated/α-hetero) is 2. The van der Waals surface area contributed by atoms with Crippen LogP contribution in [-0.2, 0) is 0 Å². The molecule has 0 spiro atoms. The minimum absolute atomic E-state index is 0.0252. The number of pyridine rings is 2. The van der Waals surface area contributed by atoms with Crippen LogP contribution in [0.2, 0.25) is 0 Å². The molecule has 4 nitrogen and oxygen atoms in total. The van der Waals surface area contributed by atoms with Gasteiger partial charge in [0.2, 0.25) is 0 Å². The Labute approximate surface area is 204 Å². The van der Waals surface area contributed by atoms with Gasteiger partial charge in [0.15, 0.2) is 11.6 Å². The van der Waals surface area contributed by atoms with E-state index in [4.69, 9.17) is 0 Å². The lowest BCUT2D eigenvalue weighted by atomic mass is 10.1. The van der Waals surface area contributed by atoms with Gasteiger partial charge in [0, 0.05) is 63.4 Å². The zero-order valence-electron chi connectivity index (χ0n) is 17.6. The van der Waals surface area contributed by atoms with Crippen molar-refractivity contribution in [1.82, 2.24) is 9.97 Å². The Balaban J connectivity index is 0.000000157. The molecule has 0 aliphatic rings. The van der Waals surface area contributed by atoms with Crippen molar-refractivity contribution < 1.29 is 9.59 Å². The molecule has 5 rings (SSSR count). The fourth-order valence-electron chi connectivity index (χ4n) is 3.01. The molecule has 0 atom stereocenters. The van der Waals surface area contributed by atoms with E-state index in [1.165, 1.54) is 37.7 Å². The predicted octanol–water partition coefficient (Wildman–Crippen LogP) is 7.53. The summed E-state index contributed by atoms with van der Waals surface area (Å²) in [6.07, 6.45) is 7.35. The molecule has 5 aromatic heterocycles. The van der Waals surface area contributed by atoms with Crippen molar-refractivity contribution in [1.29, 1.82) is 0 Å². The van der Waals surface area contributed by atoms with Crippen LogP contribution in [0.3, 0.4) is 0 Å². The van der Waals surface area contributed by atoms with Gasteiger partial charge in [0.1, 0.15) is 0 Å². The van der Waals surface area contributed by atoms with Crippen LogP contribution in [0, 0.1) is 0 Å². The second-order valence-corrected chi connectivity index (χ2v) is 9.93. The van der Waals surface area contributed by atoms with Crippen LogP contribution in [0.25, 0.3) is 20.2 Å². The number of aromatic nitrogens is 2. The smallest absolute Gasteiger partial charge is 0.173 e. The van der Waals surface area contributed by atoms with Crippen LogP contribution in [0.5, 0.6) is 0 Å². The molecule has 0 N–H and O–H groups in total. The molecule has 7 heteroatoms. The number of ketones is 2. The van der Waals surface area contributed by atoms with Crippen molar-refractivity contribution in [2.24, 2.45) is 0 Å². The molecule has 0 amide bonds. The van der Waals surface area contributed by atoms with Crippen LogP contribution in [0.4, 0.5) is 0 Å². The Morgan fingerprint density at radius 1 is 0.667 bits per heavy atom. The highest BCUT2D eigenvalue weighted by atomic mass is 32.1. The summed E-state index contributed by atoms with van der Waals surface area (Å²) in [7, 11) is 0. The minimum atomic E-state index is -0.0389.